The van der Waals surface area contributed by atoms with Crippen LogP contribution < -0.4 is 5.48 Å². The number of nitrogens with one attached hydrogen (secondary N) is 1. The third-order valence-corrected chi connectivity index (χ3v) is 2.38. The van der Waals surface area contributed by atoms with Crippen LogP contribution in [0.1, 0.15) is 11.3 Å². The van der Waals surface area contributed by atoms with Crippen LogP contribution in [-0.4, -0.2) is 16.1 Å². The van der Waals surface area contributed by atoms with Gasteiger partial charge in [-0.15, -0.1) is 0 Å². The predicted octanol–water partition coefficient (Wildman–Crippen LogP) is 2.06. The summed E-state index contributed by atoms with van der Waals surface area (Å²) >= 11 is 0. The number of carbonyl (C=O) groups excluding carboxylic acids is 1. The number of rotatable bonds is 2. The summed E-state index contributed by atoms with van der Waals surface area (Å²) < 4.78 is 0. The fourth-order valence-electron chi connectivity index (χ4n) is 1.55. The Morgan fingerprint density at radius 2 is 2.18 bits per heavy atom. The zero-order chi connectivity index (χ0) is 12.3. The quantitative estimate of drug-likeness (QED) is 0.470. The second kappa shape index (κ2) is 4.76. The Balaban J connectivity index is 2.35. The Morgan fingerprint density at radius 1 is 1.35 bits per heavy atom. The molecular formula is C13H12N2O2. The Kier molecular flexibility index (Phi) is 3.16. The van der Waals surface area contributed by atoms with Crippen LogP contribution in [0.4, 0.5) is 0 Å². The van der Waals surface area contributed by atoms with Crippen LogP contribution in [0.15, 0.2) is 36.4 Å². The lowest BCUT2D eigenvalue weighted by molar-refractivity contribution is -0.124. The molecule has 1 amide bonds. The van der Waals surface area contributed by atoms with Crippen LogP contribution >= 0.6 is 0 Å². The van der Waals surface area contributed by atoms with Crippen molar-refractivity contribution in [1.82, 2.24) is 10.5 Å². The van der Waals surface area contributed by atoms with Gasteiger partial charge in [0.25, 0.3) is 5.91 Å². The van der Waals surface area contributed by atoms with E-state index in [4.69, 9.17) is 5.21 Å². The Morgan fingerprint density at radius 3 is 2.94 bits per heavy atom. The SMILES string of the molecule is Cc1ccc2nc(C=CC(=O)NO)ccc2c1. The Hall–Kier alpha value is -2.20. The molecule has 0 bridgehead atoms. The van der Waals surface area contributed by atoms with Gasteiger partial charge in [-0.05, 0) is 31.2 Å². The first-order valence-corrected chi connectivity index (χ1v) is 5.18. The number of benzene rings is 1. The lowest BCUT2D eigenvalue weighted by Crippen LogP contribution is -2.14. The van der Waals surface area contributed by atoms with E-state index >= 15 is 0 Å². The summed E-state index contributed by atoms with van der Waals surface area (Å²) in [4.78, 5) is 15.2. The van der Waals surface area contributed by atoms with E-state index in [1.165, 1.54) is 17.1 Å². The highest BCUT2D eigenvalue weighted by Gasteiger charge is 1.97. The molecule has 1 aromatic heterocycles. The van der Waals surface area contributed by atoms with Gasteiger partial charge in [0.1, 0.15) is 0 Å². The van der Waals surface area contributed by atoms with Crippen LogP contribution in [0.3, 0.4) is 0 Å². The topological polar surface area (TPSA) is 62.2 Å². The van der Waals surface area contributed by atoms with Gasteiger partial charge in [0, 0.05) is 11.5 Å². The van der Waals surface area contributed by atoms with Crippen molar-refractivity contribution in [3.8, 4) is 0 Å². The molecule has 1 aromatic carbocycles. The van der Waals surface area contributed by atoms with Gasteiger partial charge in [0.05, 0.1) is 11.2 Å². The molecule has 0 aliphatic heterocycles. The maximum absolute atomic E-state index is 10.8. The smallest absolute Gasteiger partial charge is 0.267 e. The maximum atomic E-state index is 10.8. The van der Waals surface area contributed by atoms with Crippen LogP contribution in [0.5, 0.6) is 0 Å². The molecule has 0 unspecified atom stereocenters. The van der Waals surface area contributed by atoms with Gasteiger partial charge in [-0.3, -0.25) is 10.0 Å². The minimum absolute atomic E-state index is 0.573. The fraction of sp³-hybridized carbons (Fsp3) is 0.0769. The number of aryl methyl sites for hydroxylation is 1. The minimum atomic E-state index is -0.573. The highest BCUT2D eigenvalue weighted by Crippen LogP contribution is 2.14. The van der Waals surface area contributed by atoms with Gasteiger partial charge in [0.15, 0.2) is 0 Å². The number of hydrogen-bond acceptors (Lipinski definition) is 3. The lowest BCUT2D eigenvalue weighted by atomic mass is 10.1. The third kappa shape index (κ3) is 2.68. The third-order valence-electron chi connectivity index (χ3n) is 2.38. The number of aromatic nitrogens is 1. The van der Waals surface area contributed by atoms with Crippen molar-refractivity contribution in [3.63, 3.8) is 0 Å². The molecule has 0 fully saturated rings. The molecule has 4 heteroatoms. The summed E-state index contributed by atoms with van der Waals surface area (Å²) in [5, 5.41) is 9.41. The average molecular weight is 228 g/mol. The average Bonchev–Trinajstić information content (AvgIpc) is 2.35. The summed E-state index contributed by atoms with van der Waals surface area (Å²) in [6.07, 6.45) is 2.77. The fourth-order valence-corrected chi connectivity index (χ4v) is 1.55. The maximum Gasteiger partial charge on any atom is 0.267 e. The molecule has 0 saturated carbocycles. The van der Waals surface area contributed by atoms with E-state index in [2.05, 4.69) is 11.1 Å². The van der Waals surface area contributed by atoms with Crippen LogP contribution in [0.25, 0.3) is 17.0 Å². The summed E-state index contributed by atoms with van der Waals surface area (Å²) in [5.74, 6) is -0.573. The summed E-state index contributed by atoms with van der Waals surface area (Å²) in [5.41, 5.74) is 4.26. The second-order valence-corrected chi connectivity index (χ2v) is 3.74. The van der Waals surface area contributed by atoms with E-state index in [9.17, 15) is 4.79 Å². The number of amides is 1. The monoisotopic (exact) mass is 228 g/mol. The van der Waals surface area contributed by atoms with Crippen LogP contribution in [-0.2, 0) is 4.79 Å². The highest BCUT2D eigenvalue weighted by atomic mass is 16.5. The van der Waals surface area contributed by atoms with E-state index in [1.807, 2.05) is 31.2 Å². The highest BCUT2D eigenvalue weighted by molar-refractivity contribution is 5.91. The molecule has 86 valence electrons. The summed E-state index contributed by atoms with van der Waals surface area (Å²) in [7, 11) is 0. The number of nitrogens with zero attached hydrogens (tertiary/aromatic N) is 1. The van der Waals surface area contributed by atoms with Gasteiger partial charge in [0.2, 0.25) is 0 Å². The molecule has 2 aromatic rings. The standard InChI is InChI=1S/C13H12N2O2/c1-9-2-6-12-10(8-9)3-4-11(14-12)5-7-13(16)15-17/h2-8,17H,1H3,(H,15,16). The van der Waals surface area contributed by atoms with Crippen molar-refractivity contribution < 1.29 is 10.0 Å². The largest absolute Gasteiger partial charge is 0.288 e. The lowest BCUT2D eigenvalue weighted by Gasteiger charge is -2.00. The van der Waals surface area contributed by atoms with Crippen molar-refractivity contribution in [2.75, 3.05) is 0 Å². The van der Waals surface area contributed by atoms with E-state index in [0.717, 1.165) is 10.9 Å². The molecular weight excluding hydrogens is 216 g/mol. The molecule has 2 rings (SSSR count). The first-order chi connectivity index (χ1) is 8.19. The van der Waals surface area contributed by atoms with Gasteiger partial charge in [-0.1, -0.05) is 17.7 Å². The number of fused-ring (bicyclic) bond motifs is 1. The molecule has 0 aliphatic rings. The van der Waals surface area contributed by atoms with Gasteiger partial charge >= 0.3 is 0 Å². The predicted molar refractivity (Wildman–Crippen MR) is 65.4 cm³/mol. The van der Waals surface area contributed by atoms with Crippen LogP contribution in [0, 0.1) is 6.92 Å². The molecule has 17 heavy (non-hydrogen) atoms. The van der Waals surface area contributed by atoms with Gasteiger partial charge in [-0.2, -0.15) is 0 Å². The number of hydrogen-bond donors (Lipinski definition) is 2. The molecule has 0 saturated heterocycles. The summed E-state index contributed by atoms with van der Waals surface area (Å²) in [6.45, 7) is 2.03. The van der Waals surface area contributed by atoms with E-state index in [0.29, 0.717) is 5.69 Å². The molecule has 2 N–H and O–H groups in total. The number of carbonyl (C=O) groups is 1. The summed E-state index contributed by atoms with van der Waals surface area (Å²) in [6, 6.07) is 9.75. The molecule has 1 heterocycles. The van der Waals surface area contributed by atoms with Gasteiger partial charge in [-0.25, -0.2) is 10.5 Å². The van der Waals surface area contributed by atoms with E-state index in [1.54, 1.807) is 6.08 Å². The molecule has 0 radical (unpaired) electrons. The first kappa shape index (κ1) is 11.3. The van der Waals surface area contributed by atoms with E-state index < -0.39 is 5.91 Å². The molecule has 0 spiro atoms. The van der Waals surface area contributed by atoms with Crippen molar-refractivity contribution in [2.24, 2.45) is 0 Å². The molecule has 0 atom stereocenters. The minimum Gasteiger partial charge on any atom is -0.288 e. The van der Waals surface area contributed by atoms with Crippen molar-refractivity contribution >= 4 is 22.9 Å². The van der Waals surface area contributed by atoms with Crippen molar-refractivity contribution in [3.05, 3.63) is 47.7 Å². The second-order valence-electron chi connectivity index (χ2n) is 3.74. The zero-order valence-electron chi connectivity index (χ0n) is 9.34. The normalized spacial score (nSPS) is 10.9. The zero-order valence-corrected chi connectivity index (χ0v) is 9.34. The molecule has 4 nitrogen and oxygen atoms in total. The van der Waals surface area contributed by atoms with Crippen molar-refractivity contribution in [2.45, 2.75) is 6.92 Å². The van der Waals surface area contributed by atoms with Crippen LogP contribution in [0.2, 0.25) is 0 Å². The Bertz CT molecular complexity index is 591. The Labute approximate surface area is 98.6 Å². The van der Waals surface area contributed by atoms with Crippen molar-refractivity contribution in [1.29, 1.82) is 0 Å². The number of hydroxylamine groups is 1. The van der Waals surface area contributed by atoms with Gasteiger partial charge < -0.3 is 0 Å². The first-order valence-electron chi connectivity index (χ1n) is 5.18. The van der Waals surface area contributed by atoms with E-state index in [-0.39, 0.29) is 0 Å². The number of pyridine rings is 1. The molecule has 0 aliphatic carbocycles.